The van der Waals surface area contributed by atoms with Gasteiger partial charge < -0.3 is 14.8 Å². The van der Waals surface area contributed by atoms with Crippen LogP contribution < -0.4 is 10.3 Å². The number of thiophene rings is 1. The number of H-pyrrole nitrogens is 1. The second-order valence-electron chi connectivity index (χ2n) is 5.63. The molecule has 3 aromatic heterocycles. The van der Waals surface area contributed by atoms with Gasteiger partial charge in [0.2, 0.25) is 0 Å². The molecular formula is C18H12F2N2O3S. The molecule has 5 nitrogen and oxygen atoms in total. The van der Waals surface area contributed by atoms with Crippen LogP contribution >= 0.6 is 11.3 Å². The molecule has 0 saturated heterocycles. The third-order valence-corrected chi connectivity index (χ3v) is 5.17. The Bertz CT molecular complexity index is 1180. The van der Waals surface area contributed by atoms with E-state index >= 15 is 0 Å². The van der Waals surface area contributed by atoms with Gasteiger partial charge in [-0.3, -0.25) is 4.79 Å². The molecule has 26 heavy (non-hydrogen) atoms. The average molecular weight is 374 g/mol. The van der Waals surface area contributed by atoms with Crippen LogP contribution in [0.15, 0.2) is 41.2 Å². The number of hydrogen-bond donors (Lipinski definition) is 2. The largest absolute Gasteiger partial charge is 0.506 e. The lowest BCUT2D eigenvalue weighted by atomic mass is 10.1. The number of nitrogens with one attached hydrogen (secondary N) is 1. The van der Waals surface area contributed by atoms with E-state index in [1.807, 2.05) is 0 Å². The van der Waals surface area contributed by atoms with Crippen molar-refractivity contribution in [2.45, 2.75) is 6.43 Å². The Morgan fingerprint density at radius 3 is 2.62 bits per heavy atom. The Morgan fingerprint density at radius 1 is 1.23 bits per heavy atom. The van der Waals surface area contributed by atoms with E-state index in [1.54, 1.807) is 31.4 Å². The number of nitrogens with zero attached hydrogens (tertiary/aromatic N) is 1. The molecule has 1 aromatic carbocycles. The molecule has 132 valence electrons. The molecule has 0 unspecified atom stereocenters. The Labute approximate surface area is 149 Å². The Balaban J connectivity index is 2.04. The summed E-state index contributed by atoms with van der Waals surface area (Å²) in [7, 11) is 1.54. The highest BCUT2D eigenvalue weighted by Gasteiger charge is 2.21. The zero-order valence-electron chi connectivity index (χ0n) is 13.4. The van der Waals surface area contributed by atoms with E-state index in [-0.39, 0.29) is 22.2 Å². The minimum absolute atomic E-state index is 0.158. The molecule has 0 aliphatic heterocycles. The molecule has 0 atom stereocenters. The van der Waals surface area contributed by atoms with Gasteiger partial charge in [0.15, 0.2) is 0 Å². The summed E-state index contributed by atoms with van der Waals surface area (Å²) in [6.07, 6.45) is -2.76. The lowest BCUT2D eigenvalue weighted by molar-refractivity contribution is 0.153. The van der Waals surface area contributed by atoms with Crippen molar-refractivity contribution in [1.82, 2.24) is 9.97 Å². The summed E-state index contributed by atoms with van der Waals surface area (Å²) < 4.78 is 32.9. The fourth-order valence-electron chi connectivity index (χ4n) is 2.86. The van der Waals surface area contributed by atoms with Crippen molar-refractivity contribution in [2.24, 2.45) is 0 Å². The summed E-state index contributed by atoms with van der Waals surface area (Å²) in [5.74, 6) is 0.395. The monoisotopic (exact) mass is 374 g/mol. The van der Waals surface area contributed by atoms with E-state index in [0.29, 0.717) is 26.5 Å². The van der Waals surface area contributed by atoms with Gasteiger partial charge in [0.05, 0.1) is 23.0 Å². The topological polar surface area (TPSA) is 75.2 Å². The van der Waals surface area contributed by atoms with Crippen LogP contribution in [0.3, 0.4) is 0 Å². The number of fused-ring (bicyclic) bond motifs is 3. The van der Waals surface area contributed by atoms with E-state index in [9.17, 15) is 18.7 Å². The first kappa shape index (κ1) is 16.5. The van der Waals surface area contributed by atoms with E-state index < -0.39 is 12.0 Å². The van der Waals surface area contributed by atoms with Gasteiger partial charge >= 0.3 is 0 Å². The highest BCUT2D eigenvalue weighted by atomic mass is 32.1. The highest BCUT2D eigenvalue weighted by Crippen LogP contribution is 2.41. The van der Waals surface area contributed by atoms with Gasteiger partial charge in [-0.1, -0.05) is 0 Å². The molecule has 0 amide bonds. The summed E-state index contributed by atoms with van der Waals surface area (Å²) in [6.45, 7) is 0. The predicted molar refractivity (Wildman–Crippen MR) is 96.4 cm³/mol. The quantitative estimate of drug-likeness (QED) is 0.555. The van der Waals surface area contributed by atoms with Crippen molar-refractivity contribution in [3.8, 4) is 22.8 Å². The van der Waals surface area contributed by atoms with Gasteiger partial charge in [-0.15, -0.1) is 11.3 Å². The van der Waals surface area contributed by atoms with Crippen LogP contribution in [0.25, 0.3) is 31.7 Å². The fraction of sp³-hybridized carbons (Fsp3) is 0.111. The van der Waals surface area contributed by atoms with Crippen LogP contribution in [0.4, 0.5) is 8.78 Å². The molecule has 0 aliphatic carbocycles. The van der Waals surface area contributed by atoms with Crippen molar-refractivity contribution in [3.63, 3.8) is 0 Å². The molecule has 0 fully saturated rings. The molecule has 4 rings (SSSR count). The molecule has 2 N–H and O–H groups in total. The van der Waals surface area contributed by atoms with Crippen LogP contribution in [0.5, 0.6) is 11.5 Å². The van der Waals surface area contributed by atoms with Gasteiger partial charge in [-0.2, -0.15) is 0 Å². The van der Waals surface area contributed by atoms with Crippen LogP contribution in [0, 0.1) is 0 Å². The summed E-state index contributed by atoms with van der Waals surface area (Å²) in [4.78, 5) is 19.0. The fourth-order valence-corrected chi connectivity index (χ4v) is 3.94. The minimum atomic E-state index is -2.76. The van der Waals surface area contributed by atoms with E-state index in [4.69, 9.17) is 4.74 Å². The third-order valence-electron chi connectivity index (χ3n) is 4.06. The number of aromatic amines is 1. The molecule has 0 bridgehead atoms. The van der Waals surface area contributed by atoms with Crippen LogP contribution in [0.1, 0.15) is 12.0 Å². The Hall–Kier alpha value is -3.00. The number of rotatable bonds is 3. The van der Waals surface area contributed by atoms with E-state index in [2.05, 4.69) is 9.97 Å². The lowest BCUT2D eigenvalue weighted by Crippen LogP contribution is -2.02. The Kier molecular flexibility index (Phi) is 3.84. The third kappa shape index (κ3) is 2.59. The number of methoxy groups -OCH3 is 1. The average Bonchev–Trinajstić information content (AvgIpc) is 3.00. The number of benzene rings is 1. The maximum Gasteiger partial charge on any atom is 0.264 e. The number of ether oxygens (including phenoxy) is 1. The molecule has 0 radical (unpaired) electrons. The first-order valence-electron chi connectivity index (χ1n) is 7.60. The van der Waals surface area contributed by atoms with Gasteiger partial charge in [0.25, 0.3) is 12.0 Å². The standard InChI is InChI=1S/C18H12F2N2O3S/c1-25-9-4-2-8(3-5-9)11-6-10(17(19)20)14-15-16(26-18(14)21-11)12(23)7-13(24)22-15/h2-7,17H,1H3,(H2,22,23,24). The molecule has 0 aliphatic rings. The molecule has 0 saturated carbocycles. The molecule has 4 aromatic rings. The van der Waals surface area contributed by atoms with Crippen LogP contribution in [0.2, 0.25) is 0 Å². The second-order valence-corrected chi connectivity index (χ2v) is 6.63. The van der Waals surface area contributed by atoms with Crippen LogP contribution in [-0.4, -0.2) is 22.2 Å². The van der Waals surface area contributed by atoms with Crippen LogP contribution in [-0.2, 0) is 0 Å². The summed E-state index contributed by atoms with van der Waals surface area (Å²) in [5.41, 5.74) is 0.412. The van der Waals surface area contributed by atoms with Gasteiger partial charge in [0, 0.05) is 22.6 Å². The number of aromatic nitrogens is 2. The SMILES string of the molecule is COc1ccc(-c2cc(C(F)F)c3c(n2)sc2c(O)cc(=O)[nH]c23)cc1. The Morgan fingerprint density at radius 2 is 1.96 bits per heavy atom. The minimum Gasteiger partial charge on any atom is -0.506 e. The predicted octanol–water partition coefficient (Wildman–Crippen LogP) is 4.46. The van der Waals surface area contributed by atoms with E-state index in [0.717, 1.165) is 17.4 Å². The molecule has 8 heteroatoms. The second kappa shape index (κ2) is 6.06. The van der Waals surface area contributed by atoms with Crippen molar-refractivity contribution >= 4 is 31.8 Å². The molecule has 3 heterocycles. The number of pyridine rings is 2. The normalized spacial score (nSPS) is 11.5. The van der Waals surface area contributed by atoms with Crippen molar-refractivity contribution in [1.29, 1.82) is 0 Å². The van der Waals surface area contributed by atoms with Crippen molar-refractivity contribution in [2.75, 3.05) is 7.11 Å². The van der Waals surface area contributed by atoms with Gasteiger partial charge in [0.1, 0.15) is 16.3 Å². The zero-order valence-corrected chi connectivity index (χ0v) is 14.2. The summed E-state index contributed by atoms with van der Waals surface area (Å²) >= 11 is 1.06. The van der Waals surface area contributed by atoms with Gasteiger partial charge in [-0.25, -0.2) is 13.8 Å². The van der Waals surface area contributed by atoms with E-state index in [1.165, 1.54) is 6.07 Å². The van der Waals surface area contributed by atoms with Gasteiger partial charge in [-0.05, 0) is 30.3 Å². The van der Waals surface area contributed by atoms with Crippen molar-refractivity contribution < 1.29 is 18.6 Å². The molecule has 0 spiro atoms. The van der Waals surface area contributed by atoms with Crippen molar-refractivity contribution in [3.05, 3.63) is 52.3 Å². The summed E-state index contributed by atoms with van der Waals surface area (Å²) in [5, 5.41) is 10.1. The highest BCUT2D eigenvalue weighted by molar-refractivity contribution is 7.25. The smallest absolute Gasteiger partial charge is 0.264 e. The maximum absolute atomic E-state index is 13.7. The zero-order chi connectivity index (χ0) is 18.4. The lowest BCUT2D eigenvalue weighted by Gasteiger charge is -2.08. The number of hydrogen-bond acceptors (Lipinski definition) is 5. The maximum atomic E-state index is 13.7. The number of halogens is 2. The first-order chi connectivity index (χ1) is 12.5. The first-order valence-corrected chi connectivity index (χ1v) is 8.41. The number of aromatic hydroxyl groups is 1. The number of alkyl halides is 2. The summed E-state index contributed by atoms with van der Waals surface area (Å²) in [6, 6.07) is 9.23. The molecular weight excluding hydrogens is 362 g/mol.